The largest absolute Gasteiger partial charge is 0.380 e. The summed E-state index contributed by atoms with van der Waals surface area (Å²) < 4.78 is 4.87. The van der Waals surface area contributed by atoms with E-state index in [2.05, 4.69) is 4.84 Å². The van der Waals surface area contributed by atoms with Gasteiger partial charge in [0.1, 0.15) is 6.61 Å². The van der Waals surface area contributed by atoms with Crippen molar-refractivity contribution in [3.63, 3.8) is 0 Å². The van der Waals surface area contributed by atoms with Gasteiger partial charge in [0, 0.05) is 5.41 Å². The van der Waals surface area contributed by atoms with E-state index in [0.29, 0.717) is 13.2 Å². The molecule has 0 unspecified atom stereocenters. The number of nitrogens with zero attached hydrogens (tertiary/aromatic N) is 1. The minimum absolute atomic E-state index is 0.132. The highest BCUT2D eigenvalue weighted by Crippen LogP contribution is 2.26. The minimum atomic E-state index is -0.774. The zero-order chi connectivity index (χ0) is 7.61. The van der Waals surface area contributed by atoms with Gasteiger partial charge in [-0.15, -0.1) is 10.1 Å². The molecule has 0 saturated carbocycles. The second-order valence-electron chi connectivity index (χ2n) is 2.80. The number of hydrogen-bond acceptors (Lipinski definition) is 4. The molecule has 0 spiro atoms. The molecule has 0 N–H and O–H groups in total. The fourth-order valence-electron chi connectivity index (χ4n) is 0.742. The Kier molecular flexibility index (Phi) is 1.76. The van der Waals surface area contributed by atoms with Crippen molar-refractivity contribution in [1.82, 2.24) is 0 Å². The number of rotatable bonds is 3. The highest BCUT2D eigenvalue weighted by atomic mass is 16.9. The predicted octanol–water partition coefficient (Wildman–Crippen LogP) is 0.231. The summed E-state index contributed by atoms with van der Waals surface area (Å²) in [5, 5.41) is 8.95. The van der Waals surface area contributed by atoms with Gasteiger partial charge in [-0.25, -0.2) is 0 Å². The first-order chi connectivity index (χ1) is 4.62. The highest BCUT2D eigenvalue weighted by molar-refractivity contribution is 4.79. The molecule has 10 heavy (non-hydrogen) atoms. The summed E-state index contributed by atoms with van der Waals surface area (Å²) in [5.74, 6) is 0. The minimum Gasteiger partial charge on any atom is -0.380 e. The molecular weight excluding hydrogens is 138 g/mol. The Morgan fingerprint density at radius 2 is 2.40 bits per heavy atom. The smallest absolute Gasteiger partial charge is 0.294 e. The Bertz CT molecular complexity index is 143. The maximum absolute atomic E-state index is 9.73. The summed E-state index contributed by atoms with van der Waals surface area (Å²) in [5.41, 5.74) is -0.132. The molecule has 0 aromatic carbocycles. The molecule has 1 aliphatic heterocycles. The van der Waals surface area contributed by atoms with E-state index in [-0.39, 0.29) is 12.0 Å². The Labute approximate surface area is 58.0 Å². The molecule has 1 heterocycles. The molecule has 0 aliphatic carbocycles. The van der Waals surface area contributed by atoms with Gasteiger partial charge < -0.3 is 9.57 Å². The van der Waals surface area contributed by atoms with Crippen molar-refractivity contribution < 1.29 is 14.7 Å². The Morgan fingerprint density at radius 3 is 2.70 bits per heavy atom. The van der Waals surface area contributed by atoms with Crippen LogP contribution in [-0.4, -0.2) is 24.9 Å². The third-order valence-electron chi connectivity index (χ3n) is 1.42. The van der Waals surface area contributed by atoms with Crippen molar-refractivity contribution in [1.29, 1.82) is 0 Å². The first-order valence-electron chi connectivity index (χ1n) is 2.97. The molecule has 5 heteroatoms. The molecule has 1 aliphatic rings. The second kappa shape index (κ2) is 2.42. The van der Waals surface area contributed by atoms with E-state index in [0.717, 1.165) is 0 Å². The zero-order valence-electron chi connectivity index (χ0n) is 5.70. The van der Waals surface area contributed by atoms with Crippen LogP contribution in [0.5, 0.6) is 0 Å². The van der Waals surface area contributed by atoms with Crippen molar-refractivity contribution in [2.24, 2.45) is 5.41 Å². The normalized spacial score (nSPS) is 21.3. The van der Waals surface area contributed by atoms with Gasteiger partial charge in [0.05, 0.1) is 13.2 Å². The first-order valence-corrected chi connectivity index (χ1v) is 2.97. The molecule has 5 nitrogen and oxygen atoms in total. The number of hydrogen-bond donors (Lipinski definition) is 0. The molecule has 0 bridgehead atoms. The van der Waals surface area contributed by atoms with Gasteiger partial charge in [0.15, 0.2) is 0 Å². The summed E-state index contributed by atoms with van der Waals surface area (Å²) in [7, 11) is 0. The van der Waals surface area contributed by atoms with E-state index in [1.807, 2.05) is 6.92 Å². The molecular formula is C5H9NO4. The third kappa shape index (κ3) is 1.57. The van der Waals surface area contributed by atoms with E-state index in [1.165, 1.54) is 0 Å². The van der Waals surface area contributed by atoms with Crippen molar-refractivity contribution in [3.8, 4) is 0 Å². The van der Waals surface area contributed by atoms with Gasteiger partial charge in [0.25, 0.3) is 5.09 Å². The lowest BCUT2D eigenvalue weighted by Gasteiger charge is -2.36. The topological polar surface area (TPSA) is 61.6 Å². The van der Waals surface area contributed by atoms with Crippen LogP contribution in [0.2, 0.25) is 0 Å². The van der Waals surface area contributed by atoms with Crippen LogP contribution in [0, 0.1) is 15.5 Å². The zero-order valence-corrected chi connectivity index (χ0v) is 5.70. The van der Waals surface area contributed by atoms with Crippen LogP contribution in [0.25, 0.3) is 0 Å². The summed E-state index contributed by atoms with van der Waals surface area (Å²) in [4.78, 5) is 13.9. The van der Waals surface area contributed by atoms with Crippen LogP contribution in [0.1, 0.15) is 6.92 Å². The highest BCUT2D eigenvalue weighted by Gasteiger charge is 2.34. The fraction of sp³-hybridized carbons (Fsp3) is 1.00. The fourth-order valence-corrected chi connectivity index (χ4v) is 0.742. The molecule has 58 valence electrons. The lowest BCUT2D eigenvalue weighted by atomic mass is 9.90. The average molecular weight is 147 g/mol. The van der Waals surface area contributed by atoms with Gasteiger partial charge in [-0.2, -0.15) is 0 Å². The van der Waals surface area contributed by atoms with E-state index in [1.54, 1.807) is 0 Å². The maximum atomic E-state index is 9.73. The summed E-state index contributed by atoms with van der Waals surface area (Å²) in [6.07, 6.45) is 0. The molecule has 1 rings (SSSR count). The molecule has 0 atom stereocenters. The first kappa shape index (κ1) is 7.27. The third-order valence-corrected chi connectivity index (χ3v) is 1.42. The van der Waals surface area contributed by atoms with Crippen LogP contribution in [0.4, 0.5) is 0 Å². The van der Waals surface area contributed by atoms with Crippen LogP contribution in [-0.2, 0) is 9.57 Å². The van der Waals surface area contributed by atoms with E-state index < -0.39 is 5.09 Å². The standard InChI is InChI=1S/C5H9NO4/c1-5(2-9-3-5)4-10-6(7)8/h2-4H2,1H3. The molecule has 0 radical (unpaired) electrons. The van der Waals surface area contributed by atoms with Gasteiger partial charge >= 0.3 is 0 Å². The molecule has 0 amide bonds. The quantitative estimate of drug-likeness (QED) is 0.423. The van der Waals surface area contributed by atoms with Gasteiger partial charge in [-0.05, 0) is 0 Å². The molecule has 1 saturated heterocycles. The summed E-state index contributed by atoms with van der Waals surface area (Å²) >= 11 is 0. The van der Waals surface area contributed by atoms with E-state index >= 15 is 0 Å². The van der Waals surface area contributed by atoms with Crippen LogP contribution < -0.4 is 0 Å². The lowest BCUT2D eigenvalue weighted by Crippen LogP contribution is -2.44. The van der Waals surface area contributed by atoms with Gasteiger partial charge in [-0.1, -0.05) is 6.92 Å². The molecule has 0 aromatic rings. The van der Waals surface area contributed by atoms with Gasteiger partial charge in [0.2, 0.25) is 0 Å². The van der Waals surface area contributed by atoms with Crippen molar-refractivity contribution >= 4 is 0 Å². The monoisotopic (exact) mass is 147 g/mol. The Hall–Kier alpha value is -0.840. The lowest BCUT2D eigenvalue weighted by molar-refractivity contribution is -0.761. The molecule has 1 fully saturated rings. The number of ether oxygens (including phenoxy) is 1. The van der Waals surface area contributed by atoms with Crippen molar-refractivity contribution in [3.05, 3.63) is 10.1 Å². The van der Waals surface area contributed by atoms with E-state index in [4.69, 9.17) is 4.74 Å². The van der Waals surface area contributed by atoms with Crippen molar-refractivity contribution in [2.45, 2.75) is 6.92 Å². The van der Waals surface area contributed by atoms with Crippen molar-refractivity contribution in [2.75, 3.05) is 19.8 Å². The van der Waals surface area contributed by atoms with E-state index in [9.17, 15) is 10.1 Å². The maximum Gasteiger partial charge on any atom is 0.294 e. The Balaban J connectivity index is 2.18. The average Bonchev–Trinajstić information content (AvgIpc) is 1.79. The van der Waals surface area contributed by atoms with Crippen LogP contribution in [0.3, 0.4) is 0 Å². The predicted molar refractivity (Wildman–Crippen MR) is 31.9 cm³/mol. The van der Waals surface area contributed by atoms with Gasteiger partial charge in [-0.3, -0.25) is 0 Å². The Morgan fingerprint density at radius 1 is 1.80 bits per heavy atom. The SMILES string of the molecule is CC1(CO[N+](=O)[O-])COC1. The van der Waals surface area contributed by atoms with Crippen LogP contribution in [0.15, 0.2) is 0 Å². The second-order valence-corrected chi connectivity index (χ2v) is 2.80. The van der Waals surface area contributed by atoms with Crippen LogP contribution >= 0.6 is 0 Å². The summed E-state index contributed by atoms with van der Waals surface area (Å²) in [6, 6.07) is 0. The summed E-state index contributed by atoms with van der Waals surface area (Å²) in [6.45, 7) is 3.14. The molecule has 0 aromatic heterocycles.